The van der Waals surface area contributed by atoms with Gasteiger partial charge < -0.3 is 10.2 Å². The van der Waals surface area contributed by atoms with Gasteiger partial charge in [0.2, 0.25) is 0 Å². The number of fused-ring (bicyclic) bond motifs is 3. The number of ketones is 2. The van der Waals surface area contributed by atoms with Gasteiger partial charge in [-0.05, 0) is 0 Å². The van der Waals surface area contributed by atoms with Crippen LogP contribution < -0.4 is 0 Å². The van der Waals surface area contributed by atoms with Crippen LogP contribution in [0.2, 0.25) is 0 Å². The molecular formula is C10H10O6. The summed E-state index contributed by atoms with van der Waals surface area (Å²) in [4.78, 5) is 44.9. The zero-order valence-electron chi connectivity index (χ0n) is 8.25. The summed E-state index contributed by atoms with van der Waals surface area (Å²) in [5.41, 5.74) is 0. The SMILES string of the molecule is O=C(O)[C@@H]1[C@H](C(=O)O)[C@@H]2CC(=O)[C@H]1CC2=O. The summed E-state index contributed by atoms with van der Waals surface area (Å²) in [6, 6.07) is 0. The molecule has 0 radical (unpaired) electrons. The molecule has 16 heavy (non-hydrogen) atoms. The average Bonchev–Trinajstić information content (AvgIpc) is 2.17. The lowest BCUT2D eigenvalue weighted by Gasteiger charge is -2.42. The van der Waals surface area contributed by atoms with Crippen molar-refractivity contribution in [1.82, 2.24) is 0 Å². The van der Waals surface area contributed by atoms with E-state index in [9.17, 15) is 19.2 Å². The molecule has 0 amide bonds. The Kier molecular flexibility index (Phi) is 2.29. The molecule has 0 spiro atoms. The van der Waals surface area contributed by atoms with Gasteiger partial charge in [-0.2, -0.15) is 0 Å². The summed E-state index contributed by atoms with van der Waals surface area (Å²) in [7, 11) is 0. The number of Topliss-reactive ketones (excluding diaryl/α,β-unsaturated/α-hetero) is 2. The average molecular weight is 226 g/mol. The number of hydrogen-bond acceptors (Lipinski definition) is 4. The molecule has 86 valence electrons. The molecule has 3 aliphatic rings. The zero-order chi connectivity index (χ0) is 12.0. The smallest absolute Gasteiger partial charge is 0.308 e. The van der Waals surface area contributed by atoms with E-state index in [0.717, 1.165) is 0 Å². The highest BCUT2D eigenvalue weighted by Gasteiger charge is 2.57. The third-order valence-electron chi connectivity index (χ3n) is 3.49. The molecule has 3 aliphatic carbocycles. The Labute approximate surface area is 90.2 Å². The molecule has 0 aromatic rings. The van der Waals surface area contributed by atoms with Crippen LogP contribution in [0.15, 0.2) is 0 Å². The van der Waals surface area contributed by atoms with Crippen LogP contribution in [0.4, 0.5) is 0 Å². The first-order chi connectivity index (χ1) is 7.43. The normalized spacial score (nSPS) is 37.5. The lowest BCUT2D eigenvalue weighted by molar-refractivity contribution is -0.172. The minimum Gasteiger partial charge on any atom is -0.481 e. The number of carbonyl (C=O) groups excluding carboxylic acids is 2. The van der Waals surface area contributed by atoms with Gasteiger partial charge in [-0.3, -0.25) is 19.2 Å². The van der Waals surface area contributed by atoms with E-state index in [1.807, 2.05) is 0 Å². The van der Waals surface area contributed by atoms with E-state index in [1.165, 1.54) is 0 Å². The van der Waals surface area contributed by atoms with Crippen molar-refractivity contribution >= 4 is 23.5 Å². The Hall–Kier alpha value is -1.72. The highest BCUT2D eigenvalue weighted by atomic mass is 16.4. The Balaban J connectivity index is 2.43. The van der Waals surface area contributed by atoms with Gasteiger partial charge in [0.05, 0.1) is 11.8 Å². The van der Waals surface area contributed by atoms with E-state index in [-0.39, 0.29) is 24.4 Å². The van der Waals surface area contributed by atoms with Crippen molar-refractivity contribution in [3.63, 3.8) is 0 Å². The summed E-state index contributed by atoms with van der Waals surface area (Å²) in [6.07, 6.45) is -0.242. The maximum atomic E-state index is 11.5. The Morgan fingerprint density at radius 2 is 1.19 bits per heavy atom. The van der Waals surface area contributed by atoms with Crippen molar-refractivity contribution in [1.29, 1.82) is 0 Å². The van der Waals surface area contributed by atoms with Crippen LogP contribution in [0.5, 0.6) is 0 Å². The molecule has 2 N–H and O–H groups in total. The fraction of sp³-hybridized carbons (Fsp3) is 0.600. The summed E-state index contributed by atoms with van der Waals surface area (Å²) >= 11 is 0. The zero-order valence-corrected chi connectivity index (χ0v) is 8.25. The van der Waals surface area contributed by atoms with Gasteiger partial charge in [-0.15, -0.1) is 0 Å². The van der Waals surface area contributed by atoms with E-state index in [4.69, 9.17) is 10.2 Å². The second-order valence-electron chi connectivity index (χ2n) is 4.28. The van der Waals surface area contributed by atoms with Crippen molar-refractivity contribution in [3.8, 4) is 0 Å². The van der Waals surface area contributed by atoms with Crippen molar-refractivity contribution in [2.24, 2.45) is 23.7 Å². The van der Waals surface area contributed by atoms with E-state index in [2.05, 4.69) is 0 Å². The van der Waals surface area contributed by atoms with Gasteiger partial charge in [0.15, 0.2) is 0 Å². The fourth-order valence-electron chi connectivity index (χ4n) is 2.77. The van der Waals surface area contributed by atoms with Crippen LogP contribution >= 0.6 is 0 Å². The summed E-state index contributed by atoms with van der Waals surface area (Å²) < 4.78 is 0. The van der Waals surface area contributed by atoms with Crippen LogP contribution in [-0.4, -0.2) is 33.7 Å². The number of carboxylic acid groups (broad SMARTS) is 2. The van der Waals surface area contributed by atoms with Gasteiger partial charge in [0, 0.05) is 24.7 Å². The van der Waals surface area contributed by atoms with Gasteiger partial charge in [0.25, 0.3) is 0 Å². The highest BCUT2D eigenvalue weighted by Crippen LogP contribution is 2.45. The predicted octanol–water partition coefficient (Wildman–Crippen LogP) is -0.434. The van der Waals surface area contributed by atoms with E-state index >= 15 is 0 Å². The van der Waals surface area contributed by atoms with Gasteiger partial charge in [0.1, 0.15) is 11.6 Å². The van der Waals surface area contributed by atoms with Crippen molar-refractivity contribution < 1.29 is 29.4 Å². The summed E-state index contributed by atoms with van der Waals surface area (Å²) in [5.74, 6) is -7.59. The molecule has 0 aromatic carbocycles. The molecule has 0 aliphatic heterocycles. The molecule has 4 atom stereocenters. The van der Waals surface area contributed by atoms with Crippen molar-refractivity contribution in [2.75, 3.05) is 0 Å². The van der Waals surface area contributed by atoms with Crippen LogP contribution in [0.25, 0.3) is 0 Å². The first-order valence-electron chi connectivity index (χ1n) is 4.94. The Bertz CT molecular complexity index is 360. The maximum Gasteiger partial charge on any atom is 0.308 e. The molecule has 0 unspecified atom stereocenters. The minimum atomic E-state index is -1.30. The predicted molar refractivity (Wildman–Crippen MR) is 48.5 cm³/mol. The van der Waals surface area contributed by atoms with E-state index in [1.54, 1.807) is 0 Å². The highest BCUT2D eigenvalue weighted by molar-refractivity contribution is 6.04. The van der Waals surface area contributed by atoms with E-state index in [0.29, 0.717) is 0 Å². The van der Waals surface area contributed by atoms with Gasteiger partial charge >= 0.3 is 11.9 Å². The largest absolute Gasteiger partial charge is 0.481 e. The summed E-state index contributed by atoms with van der Waals surface area (Å²) in [5, 5.41) is 17.9. The number of rotatable bonds is 2. The lowest BCUT2D eigenvalue weighted by Crippen LogP contribution is -2.55. The molecule has 0 saturated heterocycles. The van der Waals surface area contributed by atoms with Gasteiger partial charge in [-0.1, -0.05) is 0 Å². The number of carboxylic acids is 2. The standard InChI is InChI=1S/C10H10O6/c11-5-1-3-6(12)2-4(5)8(10(15)16)7(3)9(13)14/h3-4,7-8H,1-2H2,(H,13,14)(H,15,16)/t3-,4-,7-,8+/m1/s1. The molecule has 3 rings (SSSR count). The molecule has 0 aromatic heterocycles. The second kappa shape index (κ2) is 3.40. The monoisotopic (exact) mass is 226 g/mol. The first kappa shape index (κ1) is 10.8. The Morgan fingerprint density at radius 3 is 1.44 bits per heavy atom. The van der Waals surface area contributed by atoms with Crippen LogP contribution in [0, 0.1) is 23.7 Å². The van der Waals surface area contributed by atoms with Crippen LogP contribution in [-0.2, 0) is 19.2 Å². The fourth-order valence-corrected chi connectivity index (χ4v) is 2.77. The molecule has 2 bridgehead atoms. The molecule has 6 heteroatoms. The van der Waals surface area contributed by atoms with Crippen LogP contribution in [0.3, 0.4) is 0 Å². The van der Waals surface area contributed by atoms with Crippen molar-refractivity contribution in [3.05, 3.63) is 0 Å². The topological polar surface area (TPSA) is 109 Å². The molecular weight excluding hydrogens is 216 g/mol. The summed E-state index contributed by atoms with van der Waals surface area (Å²) in [6.45, 7) is 0. The molecule has 3 saturated carbocycles. The molecule has 3 fully saturated rings. The third kappa shape index (κ3) is 1.33. The maximum absolute atomic E-state index is 11.5. The first-order valence-corrected chi connectivity index (χ1v) is 4.94. The number of aliphatic carboxylic acids is 2. The lowest BCUT2D eigenvalue weighted by atomic mass is 9.57. The van der Waals surface area contributed by atoms with Gasteiger partial charge in [-0.25, -0.2) is 0 Å². The molecule has 6 nitrogen and oxygen atoms in total. The van der Waals surface area contributed by atoms with E-state index < -0.39 is 35.6 Å². The van der Waals surface area contributed by atoms with Crippen LogP contribution in [0.1, 0.15) is 12.8 Å². The quantitative estimate of drug-likeness (QED) is 0.661. The Morgan fingerprint density at radius 1 is 0.875 bits per heavy atom. The third-order valence-corrected chi connectivity index (χ3v) is 3.49. The number of hydrogen-bond donors (Lipinski definition) is 2. The van der Waals surface area contributed by atoms with Crippen molar-refractivity contribution in [2.45, 2.75) is 12.8 Å². The number of carbonyl (C=O) groups is 4. The second-order valence-corrected chi connectivity index (χ2v) is 4.28. The molecule has 0 heterocycles. The minimum absolute atomic E-state index is 0.121.